The van der Waals surface area contributed by atoms with Gasteiger partial charge in [-0.2, -0.15) is 5.10 Å². The molecule has 3 amide bonds. The summed E-state index contributed by atoms with van der Waals surface area (Å²) in [5.41, 5.74) is 2.34. The first-order valence-corrected chi connectivity index (χ1v) is 10.8. The molecule has 33 heavy (non-hydrogen) atoms. The highest BCUT2D eigenvalue weighted by atomic mass is 16.2. The van der Waals surface area contributed by atoms with Crippen molar-refractivity contribution in [2.24, 2.45) is 0 Å². The number of hydrogen-bond acceptors (Lipinski definition) is 4. The minimum Gasteiger partial charge on any atom is -0.350 e. The lowest BCUT2D eigenvalue weighted by molar-refractivity contribution is -0.132. The Hall–Kier alpha value is -3.94. The third-order valence-corrected chi connectivity index (χ3v) is 6.05. The van der Waals surface area contributed by atoms with Crippen molar-refractivity contribution in [3.05, 3.63) is 88.7 Å². The number of carbonyl (C=O) groups excluding carboxylic acids is 3. The molecule has 0 fully saturated rings. The Morgan fingerprint density at radius 3 is 2.42 bits per heavy atom. The quantitative estimate of drug-likeness (QED) is 0.608. The molecular formula is C25H27N5O3. The van der Waals surface area contributed by atoms with E-state index in [1.54, 1.807) is 14.0 Å². The number of aromatic nitrogens is 2. The first-order chi connectivity index (χ1) is 15.8. The van der Waals surface area contributed by atoms with Crippen LogP contribution in [0, 0.1) is 6.92 Å². The predicted octanol–water partition coefficient (Wildman–Crippen LogP) is 2.28. The SMILES string of the molecule is Cc1cccc(CNC(=O)c2cc3n(n2)C[C@](C)(C(=O)NCc2ccccc2)N(C)C3=O)c1. The monoisotopic (exact) mass is 445 g/mol. The van der Waals surface area contributed by atoms with E-state index in [0.717, 1.165) is 16.7 Å². The third kappa shape index (κ3) is 4.50. The van der Waals surface area contributed by atoms with E-state index < -0.39 is 5.54 Å². The van der Waals surface area contributed by atoms with Crippen LogP contribution in [0.3, 0.4) is 0 Å². The minimum absolute atomic E-state index is 0.147. The topological polar surface area (TPSA) is 96.3 Å². The van der Waals surface area contributed by atoms with Crippen LogP contribution < -0.4 is 10.6 Å². The number of carbonyl (C=O) groups is 3. The summed E-state index contributed by atoms with van der Waals surface area (Å²) in [6.07, 6.45) is 0. The summed E-state index contributed by atoms with van der Waals surface area (Å²) in [6, 6.07) is 18.9. The lowest BCUT2D eigenvalue weighted by Crippen LogP contribution is -2.62. The van der Waals surface area contributed by atoms with Crippen molar-refractivity contribution in [2.75, 3.05) is 7.05 Å². The Labute approximate surface area is 192 Å². The summed E-state index contributed by atoms with van der Waals surface area (Å²) < 4.78 is 1.45. The number of nitrogens with one attached hydrogen (secondary N) is 2. The molecule has 3 aromatic rings. The molecule has 0 saturated heterocycles. The van der Waals surface area contributed by atoms with Crippen molar-refractivity contribution in [3.8, 4) is 0 Å². The fourth-order valence-corrected chi connectivity index (χ4v) is 3.90. The van der Waals surface area contributed by atoms with Crippen LogP contribution in [0.15, 0.2) is 60.7 Å². The smallest absolute Gasteiger partial charge is 0.272 e. The van der Waals surface area contributed by atoms with Crippen LogP contribution in [-0.2, 0) is 24.4 Å². The van der Waals surface area contributed by atoms with Gasteiger partial charge in [-0.05, 0) is 25.0 Å². The van der Waals surface area contributed by atoms with Gasteiger partial charge in [-0.15, -0.1) is 0 Å². The third-order valence-electron chi connectivity index (χ3n) is 6.05. The second-order valence-electron chi connectivity index (χ2n) is 8.55. The molecule has 8 nitrogen and oxygen atoms in total. The lowest BCUT2D eigenvalue weighted by atomic mass is 9.96. The van der Waals surface area contributed by atoms with E-state index in [4.69, 9.17) is 0 Å². The Kier molecular flexibility index (Phi) is 6.00. The maximum absolute atomic E-state index is 13.1. The van der Waals surface area contributed by atoms with E-state index in [1.807, 2.05) is 61.5 Å². The molecule has 170 valence electrons. The molecule has 0 unspecified atom stereocenters. The highest BCUT2D eigenvalue weighted by molar-refractivity contribution is 6.01. The van der Waals surface area contributed by atoms with Crippen LogP contribution in [-0.4, -0.2) is 45.0 Å². The van der Waals surface area contributed by atoms with Gasteiger partial charge in [0.1, 0.15) is 11.2 Å². The Bertz CT molecular complexity index is 1200. The average molecular weight is 446 g/mol. The van der Waals surface area contributed by atoms with Gasteiger partial charge in [0.25, 0.3) is 11.8 Å². The molecule has 1 aliphatic rings. The largest absolute Gasteiger partial charge is 0.350 e. The van der Waals surface area contributed by atoms with Crippen LogP contribution in [0.1, 0.15) is 44.6 Å². The van der Waals surface area contributed by atoms with Crippen molar-refractivity contribution in [3.63, 3.8) is 0 Å². The van der Waals surface area contributed by atoms with Crippen LogP contribution in [0.2, 0.25) is 0 Å². The first-order valence-electron chi connectivity index (χ1n) is 10.8. The van der Waals surface area contributed by atoms with E-state index in [9.17, 15) is 14.4 Å². The fourth-order valence-electron chi connectivity index (χ4n) is 3.90. The molecule has 1 aliphatic heterocycles. The Morgan fingerprint density at radius 2 is 1.70 bits per heavy atom. The first kappa shape index (κ1) is 22.3. The maximum Gasteiger partial charge on any atom is 0.272 e. The number of aryl methyl sites for hydroxylation is 1. The molecule has 2 aromatic carbocycles. The van der Waals surface area contributed by atoms with Gasteiger partial charge >= 0.3 is 0 Å². The molecule has 4 rings (SSSR count). The van der Waals surface area contributed by atoms with Gasteiger partial charge in [-0.3, -0.25) is 19.1 Å². The van der Waals surface area contributed by atoms with Crippen LogP contribution in [0.5, 0.6) is 0 Å². The molecule has 0 bridgehead atoms. The standard InChI is InChI=1S/C25H27N5O3/c1-17-8-7-11-19(12-17)15-26-22(31)20-13-21-23(32)29(3)25(2,16-30(21)28-20)24(33)27-14-18-9-5-4-6-10-18/h4-13H,14-16H2,1-3H3,(H,26,31)(H,27,33)/t25-/m1/s1. The van der Waals surface area contributed by atoms with Crippen molar-refractivity contribution in [1.29, 1.82) is 0 Å². The molecule has 2 heterocycles. The van der Waals surface area contributed by atoms with Gasteiger partial charge in [0.2, 0.25) is 5.91 Å². The zero-order valence-electron chi connectivity index (χ0n) is 19.0. The van der Waals surface area contributed by atoms with E-state index in [0.29, 0.717) is 13.1 Å². The average Bonchev–Trinajstić information content (AvgIpc) is 3.24. The van der Waals surface area contributed by atoms with E-state index in [-0.39, 0.29) is 35.7 Å². The van der Waals surface area contributed by atoms with Crippen molar-refractivity contribution >= 4 is 17.7 Å². The van der Waals surface area contributed by atoms with Crippen LogP contribution in [0.25, 0.3) is 0 Å². The summed E-state index contributed by atoms with van der Waals surface area (Å²) in [4.78, 5) is 40.2. The maximum atomic E-state index is 13.1. The number of nitrogens with zero attached hydrogens (tertiary/aromatic N) is 3. The normalized spacial score (nSPS) is 17.4. The van der Waals surface area contributed by atoms with Gasteiger partial charge in [0, 0.05) is 26.2 Å². The molecule has 8 heteroatoms. The van der Waals surface area contributed by atoms with E-state index in [2.05, 4.69) is 15.7 Å². The van der Waals surface area contributed by atoms with Crippen LogP contribution in [0.4, 0.5) is 0 Å². The van der Waals surface area contributed by atoms with Crippen molar-refractivity contribution in [2.45, 2.75) is 39.0 Å². The lowest BCUT2D eigenvalue weighted by Gasteiger charge is -2.40. The number of fused-ring (bicyclic) bond motifs is 1. The molecule has 0 saturated carbocycles. The number of hydrogen-bond donors (Lipinski definition) is 2. The summed E-state index contributed by atoms with van der Waals surface area (Å²) in [7, 11) is 1.60. The minimum atomic E-state index is -1.14. The molecule has 0 radical (unpaired) electrons. The fraction of sp³-hybridized carbons (Fsp3) is 0.280. The van der Waals surface area contributed by atoms with E-state index >= 15 is 0 Å². The number of amides is 3. The molecular weight excluding hydrogens is 418 g/mol. The number of likely N-dealkylation sites (N-methyl/N-ethyl adjacent to an activating group) is 1. The van der Waals surface area contributed by atoms with Crippen molar-refractivity contribution in [1.82, 2.24) is 25.3 Å². The molecule has 0 aliphatic carbocycles. The highest BCUT2D eigenvalue weighted by Gasteiger charge is 2.46. The Balaban J connectivity index is 1.47. The molecule has 1 aromatic heterocycles. The van der Waals surface area contributed by atoms with Gasteiger partial charge < -0.3 is 15.5 Å². The second-order valence-corrected chi connectivity index (χ2v) is 8.55. The van der Waals surface area contributed by atoms with E-state index in [1.165, 1.54) is 15.6 Å². The summed E-state index contributed by atoms with van der Waals surface area (Å²) in [5, 5.41) is 10.1. The highest BCUT2D eigenvalue weighted by Crippen LogP contribution is 2.26. The molecule has 1 atom stereocenters. The van der Waals surface area contributed by atoms with Gasteiger partial charge in [-0.25, -0.2) is 0 Å². The Morgan fingerprint density at radius 1 is 1.00 bits per heavy atom. The summed E-state index contributed by atoms with van der Waals surface area (Å²) in [6.45, 7) is 4.56. The molecule has 0 spiro atoms. The zero-order valence-corrected chi connectivity index (χ0v) is 19.0. The van der Waals surface area contributed by atoms with Gasteiger partial charge in [-0.1, -0.05) is 60.2 Å². The molecule has 2 N–H and O–H groups in total. The second kappa shape index (κ2) is 8.90. The van der Waals surface area contributed by atoms with Gasteiger partial charge in [0.15, 0.2) is 5.69 Å². The predicted molar refractivity (Wildman–Crippen MR) is 123 cm³/mol. The van der Waals surface area contributed by atoms with Gasteiger partial charge in [0.05, 0.1) is 6.54 Å². The zero-order chi connectivity index (χ0) is 23.6. The van der Waals surface area contributed by atoms with Crippen LogP contribution >= 0.6 is 0 Å². The van der Waals surface area contributed by atoms with Crippen molar-refractivity contribution < 1.29 is 14.4 Å². The number of benzene rings is 2. The summed E-state index contributed by atoms with van der Waals surface area (Å²) >= 11 is 0. The summed E-state index contributed by atoms with van der Waals surface area (Å²) in [5.74, 6) is -1.01. The number of rotatable bonds is 6.